The lowest BCUT2D eigenvalue weighted by Crippen LogP contribution is -2.36. The minimum Gasteiger partial charge on any atom is -0.491 e. The number of ether oxygens (including phenoxy) is 1. The van der Waals surface area contributed by atoms with E-state index in [1.54, 1.807) is 30.3 Å². The maximum atomic E-state index is 11.9. The van der Waals surface area contributed by atoms with Crippen molar-refractivity contribution in [3.63, 3.8) is 0 Å². The van der Waals surface area contributed by atoms with E-state index in [1.807, 2.05) is 32.0 Å². The van der Waals surface area contributed by atoms with Gasteiger partial charge in [0.2, 0.25) is 0 Å². The summed E-state index contributed by atoms with van der Waals surface area (Å²) in [4.78, 5) is 23.7. The van der Waals surface area contributed by atoms with Gasteiger partial charge in [-0.1, -0.05) is 23.7 Å². The Bertz CT molecular complexity index is 730. The Kier molecular flexibility index (Phi) is 6.83. The van der Waals surface area contributed by atoms with E-state index in [1.165, 1.54) is 0 Å². The molecule has 5 nitrogen and oxygen atoms in total. The van der Waals surface area contributed by atoms with Gasteiger partial charge in [-0.25, -0.2) is 0 Å². The average molecular weight is 361 g/mol. The molecule has 0 aliphatic rings. The highest BCUT2D eigenvalue weighted by Crippen LogP contribution is 2.16. The maximum Gasteiger partial charge on any atom is 0.313 e. The molecule has 0 saturated carbocycles. The normalized spacial score (nSPS) is 10.4. The van der Waals surface area contributed by atoms with E-state index < -0.39 is 11.8 Å². The molecule has 25 heavy (non-hydrogen) atoms. The number of rotatable bonds is 6. The Hall–Kier alpha value is -2.53. The SMILES string of the molecule is CC(C)Oc1ccc(NC(=O)C(=O)NCCc2cccc(Cl)c2)cc1. The van der Waals surface area contributed by atoms with E-state index >= 15 is 0 Å². The van der Waals surface area contributed by atoms with Gasteiger partial charge in [0.1, 0.15) is 5.75 Å². The number of nitrogens with one attached hydrogen (secondary N) is 2. The topological polar surface area (TPSA) is 67.4 Å². The van der Waals surface area contributed by atoms with Crippen molar-refractivity contribution in [3.8, 4) is 5.75 Å². The van der Waals surface area contributed by atoms with Crippen LogP contribution >= 0.6 is 11.6 Å². The van der Waals surface area contributed by atoms with Crippen LogP contribution in [0.4, 0.5) is 5.69 Å². The Morgan fingerprint density at radius 2 is 1.80 bits per heavy atom. The van der Waals surface area contributed by atoms with Crippen LogP contribution in [0.1, 0.15) is 19.4 Å². The summed E-state index contributed by atoms with van der Waals surface area (Å²) in [6.45, 7) is 4.22. The lowest BCUT2D eigenvalue weighted by Gasteiger charge is -2.10. The van der Waals surface area contributed by atoms with Gasteiger partial charge in [-0.2, -0.15) is 0 Å². The zero-order valence-corrected chi connectivity index (χ0v) is 15.0. The standard InChI is InChI=1S/C19H21ClN2O3/c1-13(2)25-17-8-6-16(7-9-17)22-19(24)18(23)21-11-10-14-4-3-5-15(20)12-14/h3-9,12-13H,10-11H2,1-2H3,(H,21,23)(H,22,24). The minimum atomic E-state index is -0.705. The predicted molar refractivity (Wildman–Crippen MR) is 99.0 cm³/mol. The largest absolute Gasteiger partial charge is 0.491 e. The maximum absolute atomic E-state index is 11.9. The molecule has 0 aliphatic heterocycles. The second-order valence-corrected chi connectivity index (χ2v) is 6.22. The number of amides is 2. The van der Waals surface area contributed by atoms with Gasteiger partial charge in [-0.05, 0) is 62.2 Å². The molecule has 2 N–H and O–H groups in total. The zero-order chi connectivity index (χ0) is 18.2. The highest BCUT2D eigenvalue weighted by Gasteiger charge is 2.13. The summed E-state index contributed by atoms with van der Waals surface area (Å²) in [5, 5.41) is 5.79. The fourth-order valence-electron chi connectivity index (χ4n) is 2.17. The molecule has 6 heteroatoms. The second-order valence-electron chi connectivity index (χ2n) is 5.78. The van der Waals surface area contributed by atoms with Gasteiger partial charge in [-0.15, -0.1) is 0 Å². The number of carbonyl (C=O) groups excluding carboxylic acids is 2. The molecule has 0 unspecified atom stereocenters. The smallest absolute Gasteiger partial charge is 0.313 e. The van der Waals surface area contributed by atoms with Crippen molar-refractivity contribution >= 4 is 29.1 Å². The van der Waals surface area contributed by atoms with E-state index in [0.717, 1.165) is 5.56 Å². The Morgan fingerprint density at radius 3 is 2.44 bits per heavy atom. The van der Waals surface area contributed by atoms with Crippen molar-refractivity contribution in [1.82, 2.24) is 5.32 Å². The minimum absolute atomic E-state index is 0.0747. The fraction of sp³-hybridized carbons (Fsp3) is 0.263. The van der Waals surface area contributed by atoms with Gasteiger partial charge in [0, 0.05) is 17.3 Å². The number of halogens is 1. The molecule has 2 amide bonds. The summed E-state index contributed by atoms with van der Waals surface area (Å²) in [6, 6.07) is 14.2. The average Bonchev–Trinajstić information content (AvgIpc) is 2.56. The van der Waals surface area contributed by atoms with Crippen LogP contribution in [0, 0.1) is 0 Å². The Balaban J connectivity index is 1.78. The van der Waals surface area contributed by atoms with Crippen LogP contribution in [0.25, 0.3) is 0 Å². The van der Waals surface area contributed by atoms with Crippen LogP contribution in [-0.4, -0.2) is 24.5 Å². The van der Waals surface area contributed by atoms with E-state index in [-0.39, 0.29) is 6.10 Å². The molecular weight excluding hydrogens is 340 g/mol. The number of carbonyl (C=O) groups is 2. The van der Waals surface area contributed by atoms with Crippen molar-refractivity contribution in [2.45, 2.75) is 26.4 Å². The summed E-state index contributed by atoms with van der Waals surface area (Å²) in [7, 11) is 0. The van der Waals surface area contributed by atoms with Crippen LogP contribution in [0.3, 0.4) is 0 Å². The Morgan fingerprint density at radius 1 is 1.08 bits per heavy atom. The van der Waals surface area contributed by atoms with Crippen molar-refractivity contribution in [2.24, 2.45) is 0 Å². The van der Waals surface area contributed by atoms with Crippen LogP contribution in [0.15, 0.2) is 48.5 Å². The first-order valence-electron chi connectivity index (χ1n) is 8.04. The highest BCUT2D eigenvalue weighted by molar-refractivity contribution is 6.39. The third-order valence-electron chi connectivity index (χ3n) is 3.28. The quantitative estimate of drug-likeness (QED) is 0.775. The summed E-state index contributed by atoms with van der Waals surface area (Å²) < 4.78 is 5.52. The molecule has 0 atom stereocenters. The van der Waals surface area contributed by atoms with Crippen molar-refractivity contribution < 1.29 is 14.3 Å². The van der Waals surface area contributed by atoms with Crippen LogP contribution in [-0.2, 0) is 16.0 Å². The van der Waals surface area contributed by atoms with Crippen molar-refractivity contribution in [2.75, 3.05) is 11.9 Å². The molecule has 0 aliphatic carbocycles. The predicted octanol–water partition coefficient (Wildman–Crippen LogP) is 3.42. The van der Waals surface area contributed by atoms with Gasteiger partial charge in [-0.3, -0.25) is 9.59 Å². The van der Waals surface area contributed by atoms with Gasteiger partial charge in [0.25, 0.3) is 0 Å². The fourth-order valence-corrected chi connectivity index (χ4v) is 2.38. The molecule has 2 aromatic rings. The molecule has 0 spiro atoms. The molecule has 0 saturated heterocycles. The number of hydrogen-bond acceptors (Lipinski definition) is 3. The molecule has 0 heterocycles. The summed E-state index contributed by atoms with van der Waals surface area (Å²) >= 11 is 5.91. The monoisotopic (exact) mass is 360 g/mol. The zero-order valence-electron chi connectivity index (χ0n) is 14.2. The lowest BCUT2D eigenvalue weighted by atomic mass is 10.1. The lowest BCUT2D eigenvalue weighted by molar-refractivity contribution is -0.136. The van der Waals surface area contributed by atoms with E-state index in [9.17, 15) is 9.59 Å². The van der Waals surface area contributed by atoms with E-state index in [2.05, 4.69) is 10.6 Å². The molecule has 2 rings (SSSR count). The molecular formula is C19H21ClN2O3. The number of hydrogen-bond donors (Lipinski definition) is 2. The number of anilines is 1. The van der Waals surface area contributed by atoms with Gasteiger partial charge in [0.05, 0.1) is 6.10 Å². The second kappa shape index (κ2) is 9.08. The van der Waals surface area contributed by atoms with Crippen LogP contribution in [0.2, 0.25) is 5.02 Å². The molecule has 0 radical (unpaired) electrons. The molecule has 0 aromatic heterocycles. The Labute approximate surface area is 152 Å². The summed E-state index contributed by atoms with van der Waals surface area (Å²) in [5.41, 5.74) is 1.53. The molecule has 0 fully saturated rings. The van der Waals surface area contributed by atoms with Crippen LogP contribution in [0.5, 0.6) is 5.75 Å². The summed E-state index contributed by atoms with van der Waals surface area (Å²) in [6.07, 6.45) is 0.673. The first-order valence-corrected chi connectivity index (χ1v) is 8.42. The van der Waals surface area contributed by atoms with Gasteiger partial charge < -0.3 is 15.4 Å². The van der Waals surface area contributed by atoms with Crippen LogP contribution < -0.4 is 15.4 Å². The van der Waals surface area contributed by atoms with Gasteiger partial charge in [0.15, 0.2) is 0 Å². The highest BCUT2D eigenvalue weighted by atomic mass is 35.5. The molecule has 0 bridgehead atoms. The van der Waals surface area contributed by atoms with Gasteiger partial charge >= 0.3 is 11.8 Å². The van der Waals surface area contributed by atoms with E-state index in [4.69, 9.17) is 16.3 Å². The first-order chi connectivity index (χ1) is 11.9. The molecule has 132 valence electrons. The first kappa shape index (κ1) is 18.8. The van der Waals surface area contributed by atoms with Crippen molar-refractivity contribution in [3.05, 3.63) is 59.1 Å². The van der Waals surface area contributed by atoms with Crippen molar-refractivity contribution in [1.29, 1.82) is 0 Å². The third kappa shape index (κ3) is 6.47. The molecule has 2 aromatic carbocycles. The number of benzene rings is 2. The third-order valence-corrected chi connectivity index (χ3v) is 3.51. The summed E-state index contributed by atoms with van der Waals surface area (Å²) in [5.74, 6) is -0.674. The van der Waals surface area contributed by atoms with E-state index in [0.29, 0.717) is 29.4 Å².